The minimum atomic E-state index is 0.0186. The molecule has 0 radical (unpaired) electrons. The maximum Gasteiger partial charge on any atom is 0.143 e. The summed E-state index contributed by atoms with van der Waals surface area (Å²) in [6, 6.07) is 74.3. The van der Waals surface area contributed by atoms with Crippen LogP contribution >= 0.6 is 0 Å². The number of para-hydroxylation sites is 1. The first-order chi connectivity index (χ1) is 33.0. The van der Waals surface area contributed by atoms with Crippen molar-refractivity contribution in [3.63, 3.8) is 0 Å². The van der Waals surface area contributed by atoms with Crippen LogP contribution in [0.15, 0.2) is 205 Å². The lowest BCUT2D eigenvalue weighted by molar-refractivity contribution is 0.590. The minimum absolute atomic E-state index is 0.0186. The van der Waals surface area contributed by atoms with Gasteiger partial charge in [0.2, 0.25) is 0 Å². The second kappa shape index (κ2) is 14.8. The van der Waals surface area contributed by atoms with E-state index in [1.54, 1.807) is 0 Å². The number of furan rings is 1. The molecule has 0 spiro atoms. The molecule has 13 aromatic rings. The van der Waals surface area contributed by atoms with E-state index >= 15 is 0 Å². The molecule has 0 aliphatic heterocycles. The first-order valence-electron chi connectivity index (χ1n) is 24.0. The first-order valence-corrected chi connectivity index (χ1v) is 24.0. The van der Waals surface area contributed by atoms with Gasteiger partial charge < -0.3 is 8.98 Å². The predicted octanol–water partition coefficient (Wildman–Crippen LogP) is 18.9. The van der Waals surface area contributed by atoms with Gasteiger partial charge in [-0.2, -0.15) is 0 Å². The van der Waals surface area contributed by atoms with Gasteiger partial charge in [0.15, 0.2) is 0 Å². The maximum absolute atomic E-state index is 7.18. The Bertz CT molecular complexity index is 4020. The van der Waals surface area contributed by atoms with Gasteiger partial charge in [0.05, 0.1) is 16.7 Å². The third-order valence-electron chi connectivity index (χ3n) is 14.7. The number of hydrogen-bond acceptors (Lipinski definition) is 1. The second-order valence-corrected chi connectivity index (χ2v) is 20.8. The fraction of sp³-hybridized carbons (Fsp3) is 0.121. The Hall–Kier alpha value is -7.94. The average molecular weight is 874 g/mol. The second-order valence-electron chi connectivity index (χ2n) is 20.8. The number of aromatic nitrogens is 1. The number of fused-ring (bicyclic) bond motifs is 10. The summed E-state index contributed by atoms with van der Waals surface area (Å²) in [4.78, 5) is 0. The minimum Gasteiger partial charge on any atom is -0.455 e. The van der Waals surface area contributed by atoms with Crippen molar-refractivity contribution in [3.8, 4) is 39.1 Å². The van der Waals surface area contributed by atoms with E-state index in [-0.39, 0.29) is 10.8 Å². The van der Waals surface area contributed by atoms with Crippen molar-refractivity contribution in [2.75, 3.05) is 0 Å². The fourth-order valence-corrected chi connectivity index (χ4v) is 11.3. The Labute approximate surface area is 396 Å². The van der Waals surface area contributed by atoms with E-state index < -0.39 is 0 Å². The molecule has 2 heteroatoms. The topological polar surface area (TPSA) is 18.1 Å². The molecule has 68 heavy (non-hydrogen) atoms. The number of hydrogen-bond donors (Lipinski definition) is 0. The molecular weight excluding hydrogens is 823 g/mol. The molecule has 0 aliphatic carbocycles. The molecule has 0 aliphatic rings. The van der Waals surface area contributed by atoms with Gasteiger partial charge in [-0.05, 0) is 113 Å². The molecule has 0 atom stereocenters. The zero-order chi connectivity index (χ0) is 46.1. The molecule has 2 heterocycles. The monoisotopic (exact) mass is 873 g/mol. The van der Waals surface area contributed by atoms with E-state index in [2.05, 4.69) is 246 Å². The summed E-state index contributed by atoms with van der Waals surface area (Å²) in [5.74, 6) is 0. The van der Waals surface area contributed by atoms with Crippen LogP contribution in [-0.4, -0.2) is 4.57 Å². The third kappa shape index (κ3) is 6.03. The standard InChI is InChI=1S/C66H51NO/c1-65(2,3)42-32-35-57-55(38-42)56-39-43(66(4,5)6)33-36-58(56)67(57)63-51-27-16-14-25-49(51)61(50-26-15-17-28-52(50)63)41-31-34-44-53-29-18-30-54(64(53)68-59(44)37-41)62-47-23-12-10-21-45(47)60(40-19-8-7-9-20-40)46-22-11-13-24-48(46)62/h7-39H,1-6H3. The lowest BCUT2D eigenvalue weighted by Gasteiger charge is -2.21. The van der Waals surface area contributed by atoms with Crippen molar-refractivity contribution in [2.24, 2.45) is 0 Å². The van der Waals surface area contributed by atoms with Gasteiger partial charge in [-0.15, -0.1) is 0 Å². The van der Waals surface area contributed by atoms with Gasteiger partial charge in [0, 0.05) is 43.4 Å². The van der Waals surface area contributed by atoms with Crippen LogP contribution < -0.4 is 0 Å². The van der Waals surface area contributed by atoms with Crippen molar-refractivity contribution in [3.05, 3.63) is 211 Å². The van der Waals surface area contributed by atoms with Crippen LogP contribution in [0.2, 0.25) is 0 Å². The summed E-state index contributed by atoms with van der Waals surface area (Å²) in [7, 11) is 0. The van der Waals surface area contributed by atoms with E-state index in [9.17, 15) is 0 Å². The van der Waals surface area contributed by atoms with Crippen LogP contribution in [0, 0.1) is 0 Å². The molecular formula is C66H51NO. The molecule has 11 aromatic carbocycles. The zero-order valence-electron chi connectivity index (χ0n) is 39.4. The molecule has 0 saturated carbocycles. The quantitative estimate of drug-likeness (QED) is 0.161. The average Bonchev–Trinajstić information content (AvgIpc) is 3.89. The van der Waals surface area contributed by atoms with Gasteiger partial charge >= 0.3 is 0 Å². The lowest BCUT2D eigenvalue weighted by atomic mass is 9.85. The molecule has 0 bridgehead atoms. The molecule has 13 rings (SSSR count). The largest absolute Gasteiger partial charge is 0.455 e. The highest BCUT2D eigenvalue weighted by molar-refractivity contribution is 6.25. The van der Waals surface area contributed by atoms with E-state index in [0.717, 1.165) is 33.1 Å². The predicted molar refractivity (Wildman–Crippen MR) is 292 cm³/mol. The SMILES string of the molecule is CC(C)(C)c1ccc2c(c1)c1cc(C(C)(C)C)ccc1n2-c1c2ccccc2c(-c2ccc3c(c2)oc2c(-c4c5ccccc5c(-c5ccccc5)c5ccccc45)cccc23)c2ccccc12. The Balaban J connectivity index is 1.05. The van der Waals surface area contributed by atoms with E-state index in [1.165, 1.54) is 104 Å². The number of nitrogens with zero attached hydrogens (tertiary/aromatic N) is 1. The van der Waals surface area contributed by atoms with Crippen LogP contribution in [0.3, 0.4) is 0 Å². The Kier molecular flexibility index (Phi) is 8.77. The maximum atomic E-state index is 7.18. The molecule has 0 saturated heterocycles. The Morgan fingerprint density at radius 3 is 1.28 bits per heavy atom. The zero-order valence-corrected chi connectivity index (χ0v) is 39.4. The highest BCUT2D eigenvalue weighted by Gasteiger charge is 2.25. The normalized spacial score (nSPS) is 12.6. The van der Waals surface area contributed by atoms with E-state index in [0.29, 0.717) is 0 Å². The molecule has 0 N–H and O–H groups in total. The van der Waals surface area contributed by atoms with E-state index in [1.807, 2.05) is 0 Å². The molecule has 326 valence electrons. The number of benzene rings is 11. The summed E-state index contributed by atoms with van der Waals surface area (Å²) < 4.78 is 9.72. The molecule has 0 unspecified atom stereocenters. The smallest absolute Gasteiger partial charge is 0.143 e. The summed E-state index contributed by atoms with van der Waals surface area (Å²) in [6.45, 7) is 13.9. The molecule has 0 amide bonds. The Morgan fingerprint density at radius 1 is 0.324 bits per heavy atom. The van der Waals surface area contributed by atoms with Crippen LogP contribution in [-0.2, 0) is 10.8 Å². The van der Waals surface area contributed by atoms with Gasteiger partial charge in [-0.25, -0.2) is 0 Å². The van der Waals surface area contributed by atoms with Crippen molar-refractivity contribution < 1.29 is 4.42 Å². The third-order valence-corrected chi connectivity index (χ3v) is 14.7. The van der Waals surface area contributed by atoms with Crippen molar-refractivity contribution >= 4 is 86.8 Å². The van der Waals surface area contributed by atoms with Gasteiger partial charge in [-0.1, -0.05) is 205 Å². The van der Waals surface area contributed by atoms with Crippen LogP contribution in [0.1, 0.15) is 52.7 Å². The highest BCUT2D eigenvalue weighted by atomic mass is 16.3. The molecule has 2 aromatic heterocycles. The number of rotatable bonds is 4. The van der Waals surface area contributed by atoms with Gasteiger partial charge in [-0.3, -0.25) is 0 Å². The summed E-state index contributed by atoms with van der Waals surface area (Å²) in [6.07, 6.45) is 0. The van der Waals surface area contributed by atoms with Crippen molar-refractivity contribution in [2.45, 2.75) is 52.4 Å². The summed E-state index contributed by atoms with van der Waals surface area (Å²) in [5.41, 5.74) is 15.3. The molecule has 0 fully saturated rings. The van der Waals surface area contributed by atoms with Crippen LogP contribution in [0.5, 0.6) is 0 Å². The van der Waals surface area contributed by atoms with Crippen molar-refractivity contribution in [1.82, 2.24) is 4.57 Å². The summed E-state index contributed by atoms with van der Waals surface area (Å²) in [5, 5.41) is 14.5. The molecule has 2 nitrogen and oxygen atoms in total. The fourth-order valence-electron chi connectivity index (χ4n) is 11.3. The van der Waals surface area contributed by atoms with Crippen LogP contribution in [0.25, 0.3) is 126 Å². The Morgan fingerprint density at radius 2 is 0.765 bits per heavy atom. The summed E-state index contributed by atoms with van der Waals surface area (Å²) >= 11 is 0. The van der Waals surface area contributed by atoms with Gasteiger partial charge in [0.25, 0.3) is 0 Å². The van der Waals surface area contributed by atoms with Crippen molar-refractivity contribution in [1.29, 1.82) is 0 Å². The highest BCUT2D eigenvalue weighted by Crippen LogP contribution is 2.49. The first kappa shape index (κ1) is 40.3. The van der Waals surface area contributed by atoms with Crippen LogP contribution in [0.4, 0.5) is 0 Å². The van der Waals surface area contributed by atoms with E-state index in [4.69, 9.17) is 4.42 Å². The van der Waals surface area contributed by atoms with Gasteiger partial charge in [0.1, 0.15) is 11.2 Å². The lowest BCUT2D eigenvalue weighted by Crippen LogP contribution is -2.10.